The van der Waals surface area contributed by atoms with Crippen LogP contribution in [-0.4, -0.2) is 25.4 Å². The molecule has 0 bridgehead atoms. The summed E-state index contributed by atoms with van der Waals surface area (Å²) in [5.74, 6) is 0. The van der Waals surface area contributed by atoms with E-state index in [1.165, 1.54) is 12.1 Å². The average Bonchev–Trinajstić information content (AvgIpc) is 2.90. The Bertz CT molecular complexity index is 855. The number of aryl methyl sites for hydroxylation is 1. The molecule has 1 aliphatic rings. The maximum absolute atomic E-state index is 12.7. The largest absolute Gasteiger partial charge is 0.442 e. The van der Waals surface area contributed by atoms with Crippen LogP contribution >= 0.6 is 0 Å². The number of ether oxygens (including phenoxy) is 1. The molecule has 1 saturated heterocycles. The van der Waals surface area contributed by atoms with Gasteiger partial charge in [-0.2, -0.15) is 4.31 Å². The van der Waals surface area contributed by atoms with Crippen molar-refractivity contribution in [1.82, 2.24) is 4.31 Å². The standard InChI is InChI=1S/C17H15NO4S/c1-13-7-9-16(10-8-13)23(20,21)18-15(12-22-17(18)19)11-14-5-3-2-4-6-14/h2-11H,12H2,1H3/b15-11-. The molecule has 23 heavy (non-hydrogen) atoms. The third kappa shape index (κ3) is 2.98. The molecule has 1 aliphatic heterocycles. The summed E-state index contributed by atoms with van der Waals surface area (Å²) in [5, 5.41) is 0. The smallest absolute Gasteiger partial charge is 0.428 e. The van der Waals surface area contributed by atoms with Crippen molar-refractivity contribution in [3.05, 3.63) is 71.4 Å². The first kappa shape index (κ1) is 15.3. The normalized spacial score (nSPS) is 16.7. The van der Waals surface area contributed by atoms with Gasteiger partial charge >= 0.3 is 6.09 Å². The molecule has 0 atom stereocenters. The summed E-state index contributed by atoms with van der Waals surface area (Å²) in [6, 6.07) is 15.5. The predicted octanol–water partition coefficient (Wildman–Crippen LogP) is 3.18. The Balaban J connectivity index is 2.03. The molecule has 0 saturated carbocycles. The second-order valence-electron chi connectivity index (χ2n) is 5.18. The first-order valence-electron chi connectivity index (χ1n) is 7.03. The van der Waals surface area contributed by atoms with E-state index in [1.807, 2.05) is 37.3 Å². The molecule has 3 rings (SSSR count). The summed E-state index contributed by atoms with van der Waals surface area (Å²) in [5.41, 5.74) is 2.03. The van der Waals surface area contributed by atoms with E-state index < -0.39 is 16.1 Å². The quantitative estimate of drug-likeness (QED) is 0.867. The summed E-state index contributed by atoms with van der Waals surface area (Å²) in [6.07, 6.45) is 0.754. The van der Waals surface area contributed by atoms with Gasteiger partial charge in [-0.1, -0.05) is 48.0 Å². The van der Waals surface area contributed by atoms with Crippen molar-refractivity contribution in [1.29, 1.82) is 0 Å². The number of carbonyl (C=O) groups excluding carboxylic acids is 1. The number of cyclic esters (lactones) is 1. The van der Waals surface area contributed by atoms with Gasteiger partial charge in [0.2, 0.25) is 0 Å². The lowest BCUT2D eigenvalue weighted by Crippen LogP contribution is -2.30. The van der Waals surface area contributed by atoms with Gasteiger partial charge in [0.15, 0.2) is 0 Å². The molecule has 0 aliphatic carbocycles. The molecule has 0 radical (unpaired) electrons. The van der Waals surface area contributed by atoms with Gasteiger partial charge in [-0.05, 0) is 30.7 Å². The zero-order valence-electron chi connectivity index (χ0n) is 12.5. The van der Waals surface area contributed by atoms with Crippen molar-refractivity contribution in [2.45, 2.75) is 11.8 Å². The number of hydrogen-bond donors (Lipinski definition) is 0. The zero-order chi connectivity index (χ0) is 16.4. The number of rotatable bonds is 3. The van der Waals surface area contributed by atoms with Gasteiger partial charge in [0.1, 0.15) is 6.61 Å². The third-order valence-electron chi connectivity index (χ3n) is 3.46. The van der Waals surface area contributed by atoms with E-state index >= 15 is 0 Å². The van der Waals surface area contributed by atoms with E-state index in [2.05, 4.69) is 0 Å². The minimum atomic E-state index is -3.98. The fourth-order valence-corrected chi connectivity index (χ4v) is 3.63. The molecule has 118 valence electrons. The molecule has 2 aromatic carbocycles. The van der Waals surface area contributed by atoms with E-state index in [9.17, 15) is 13.2 Å². The fraction of sp³-hybridized carbons (Fsp3) is 0.118. The van der Waals surface area contributed by atoms with E-state index in [0.717, 1.165) is 15.4 Å². The fourth-order valence-electron chi connectivity index (χ4n) is 2.28. The molecular formula is C17H15NO4S. The zero-order valence-corrected chi connectivity index (χ0v) is 13.3. The van der Waals surface area contributed by atoms with E-state index in [-0.39, 0.29) is 11.5 Å². The SMILES string of the molecule is Cc1ccc(S(=O)(=O)N2C(=O)OC/C2=C/c2ccccc2)cc1. The third-order valence-corrected chi connectivity index (χ3v) is 5.19. The molecule has 6 heteroatoms. The second kappa shape index (κ2) is 5.89. The Morgan fingerprint density at radius 1 is 1.04 bits per heavy atom. The van der Waals surface area contributed by atoms with Crippen LogP contribution in [0.3, 0.4) is 0 Å². The Kier molecular flexibility index (Phi) is 3.92. The number of nitrogens with zero attached hydrogens (tertiary/aromatic N) is 1. The molecule has 1 amide bonds. The molecule has 0 aromatic heterocycles. The summed E-state index contributed by atoms with van der Waals surface area (Å²) >= 11 is 0. The van der Waals surface area contributed by atoms with Gasteiger partial charge in [-0.15, -0.1) is 0 Å². The van der Waals surface area contributed by atoms with Crippen LogP contribution in [0, 0.1) is 6.92 Å². The molecular weight excluding hydrogens is 314 g/mol. The highest BCUT2D eigenvalue weighted by Crippen LogP contribution is 2.27. The van der Waals surface area contributed by atoms with Crippen molar-refractivity contribution in [3.63, 3.8) is 0 Å². The van der Waals surface area contributed by atoms with Crippen molar-refractivity contribution < 1.29 is 17.9 Å². The van der Waals surface area contributed by atoms with Crippen LogP contribution in [0.5, 0.6) is 0 Å². The highest BCUT2D eigenvalue weighted by Gasteiger charge is 2.38. The molecule has 0 N–H and O–H groups in total. The van der Waals surface area contributed by atoms with Gasteiger partial charge in [-0.3, -0.25) is 0 Å². The highest BCUT2D eigenvalue weighted by atomic mass is 32.2. The summed E-state index contributed by atoms with van der Waals surface area (Å²) in [6.45, 7) is 1.79. The Hall–Kier alpha value is -2.60. The van der Waals surface area contributed by atoms with Crippen LogP contribution in [0.2, 0.25) is 0 Å². The molecule has 0 spiro atoms. The number of amides is 1. The maximum Gasteiger partial charge on any atom is 0.428 e. The highest BCUT2D eigenvalue weighted by molar-refractivity contribution is 7.89. The van der Waals surface area contributed by atoms with Crippen LogP contribution in [0.15, 0.2) is 65.2 Å². The van der Waals surface area contributed by atoms with E-state index in [1.54, 1.807) is 18.2 Å². The monoisotopic (exact) mass is 329 g/mol. The van der Waals surface area contributed by atoms with Crippen LogP contribution in [0.25, 0.3) is 6.08 Å². The molecule has 5 nitrogen and oxygen atoms in total. The van der Waals surface area contributed by atoms with Crippen LogP contribution in [0.4, 0.5) is 4.79 Å². The van der Waals surface area contributed by atoms with Gasteiger partial charge in [0.25, 0.3) is 10.0 Å². The Morgan fingerprint density at radius 3 is 2.35 bits per heavy atom. The van der Waals surface area contributed by atoms with Crippen molar-refractivity contribution in [2.24, 2.45) is 0 Å². The number of sulfonamides is 1. The second-order valence-corrected chi connectivity index (χ2v) is 6.97. The van der Waals surface area contributed by atoms with Gasteiger partial charge in [0.05, 0.1) is 10.6 Å². The first-order valence-corrected chi connectivity index (χ1v) is 8.47. The topological polar surface area (TPSA) is 63.7 Å². The summed E-state index contributed by atoms with van der Waals surface area (Å²) in [7, 11) is -3.98. The minimum Gasteiger partial charge on any atom is -0.442 e. The van der Waals surface area contributed by atoms with Crippen LogP contribution in [-0.2, 0) is 14.8 Å². The van der Waals surface area contributed by atoms with Crippen LogP contribution < -0.4 is 0 Å². The van der Waals surface area contributed by atoms with Gasteiger partial charge < -0.3 is 4.74 Å². The average molecular weight is 329 g/mol. The molecule has 1 heterocycles. The lowest BCUT2D eigenvalue weighted by atomic mass is 10.2. The predicted molar refractivity (Wildman–Crippen MR) is 86.0 cm³/mol. The van der Waals surface area contributed by atoms with Crippen molar-refractivity contribution in [3.8, 4) is 0 Å². The number of hydrogen-bond acceptors (Lipinski definition) is 4. The molecule has 1 fully saturated rings. The Labute approximate surface area is 134 Å². The minimum absolute atomic E-state index is 0.0564. The van der Waals surface area contributed by atoms with Crippen molar-refractivity contribution >= 4 is 22.2 Å². The maximum atomic E-state index is 12.7. The lowest BCUT2D eigenvalue weighted by molar-refractivity contribution is 0.170. The van der Waals surface area contributed by atoms with Crippen molar-refractivity contribution in [2.75, 3.05) is 6.61 Å². The first-order chi connectivity index (χ1) is 11.0. The van der Waals surface area contributed by atoms with E-state index in [0.29, 0.717) is 5.70 Å². The molecule has 0 unspecified atom stereocenters. The summed E-state index contributed by atoms with van der Waals surface area (Å²) < 4.78 is 31.1. The molecule has 2 aromatic rings. The lowest BCUT2D eigenvalue weighted by Gasteiger charge is -2.15. The number of carbonyl (C=O) groups is 1. The van der Waals surface area contributed by atoms with Gasteiger partial charge in [0, 0.05) is 0 Å². The number of benzene rings is 2. The van der Waals surface area contributed by atoms with E-state index in [4.69, 9.17) is 4.74 Å². The Morgan fingerprint density at radius 2 is 1.70 bits per heavy atom. The summed E-state index contributed by atoms with van der Waals surface area (Å²) in [4.78, 5) is 12.0. The van der Waals surface area contributed by atoms with Gasteiger partial charge in [-0.25, -0.2) is 13.2 Å². The van der Waals surface area contributed by atoms with Crippen LogP contribution in [0.1, 0.15) is 11.1 Å².